The van der Waals surface area contributed by atoms with Gasteiger partial charge in [-0.1, -0.05) is 30.3 Å². The molecule has 22 heavy (non-hydrogen) atoms. The lowest BCUT2D eigenvalue weighted by molar-refractivity contribution is 0.265. The molecule has 0 amide bonds. The van der Waals surface area contributed by atoms with E-state index in [1.54, 1.807) is 19.1 Å². The van der Waals surface area contributed by atoms with Crippen LogP contribution in [0.4, 0.5) is 0 Å². The lowest BCUT2D eigenvalue weighted by atomic mass is 10.2. The first-order chi connectivity index (χ1) is 10.5. The first kappa shape index (κ1) is 16.5. The van der Waals surface area contributed by atoms with Gasteiger partial charge in [0, 0.05) is 6.04 Å². The fourth-order valence-corrected chi connectivity index (χ4v) is 3.06. The summed E-state index contributed by atoms with van der Waals surface area (Å²) in [7, 11) is -3.62. The highest BCUT2D eigenvalue weighted by molar-refractivity contribution is 7.89. The molecular formula is C16H19NO4S. The summed E-state index contributed by atoms with van der Waals surface area (Å²) < 4.78 is 32.0. The Hall–Kier alpha value is -1.89. The zero-order valence-corrected chi connectivity index (χ0v) is 13.1. The first-order valence-corrected chi connectivity index (χ1v) is 8.39. The van der Waals surface area contributed by atoms with Crippen LogP contribution in [0.3, 0.4) is 0 Å². The molecule has 0 aromatic heterocycles. The minimum atomic E-state index is -3.62. The smallest absolute Gasteiger partial charge is 0.240 e. The molecule has 0 saturated carbocycles. The minimum Gasteiger partial charge on any atom is -0.489 e. The zero-order valence-electron chi connectivity index (χ0n) is 12.3. The summed E-state index contributed by atoms with van der Waals surface area (Å²) in [5.74, 6) is 0.595. The second kappa shape index (κ2) is 7.40. The van der Waals surface area contributed by atoms with E-state index < -0.39 is 16.1 Å². The molecule has 0 saturated heterocycles. The molecule has 0 bridgehead atoms. The Morgan fingerprint density at radius 3 is 2.32 bits per heavy atom. The maximum absolute atomic E-state index is 12.0. The SMILES string of the molecule is C[C@H](CO)NS(=O)(=O)c1ccc(OCc2ccccc2)cc1. The predicted molar refractivity (Wildman–Crippen MR) is 84.1 cm³/mol. The normalized spacial score (nSPS) is 12.8. The third kappa shape index (κ3) is 4.56. The summed E-state index contributed by atoms with van der Waals surface area (Å²) in [5, 5.41) is 8.92. The quantitative estimate of drug-likeness (QED) is 0.817. The molecular weight excluding hydrogens is 302 g/mol. The van der Waals surface area contributed by atoms with E-state index in [4.69, 9.17) is 9.84 Å². The van der Waals surface area contributed by atoms with Crippen LogP contribution < -0.4 is 9.46 Å². The molecule has 6 heteroatoms. The summed E-state index contributed by atoms with van der Waals surface area (Å²) in [6, 6.07) is 15.4. The fourth-order valence-electron chi connectivity index (χ4n) is 1.83. The van der Waals surface area contributed by atoms with Gasteiger partial charge in [-0.25, -0.2) is 13.1 Å². The average Bonchev–Trinajstić information content (AvgIpc) is 2.54. The van der Waals surface area contributed by atoms with Crippen molar-refractivity contribution in [1.82, 2.24) is 4.72 Å². The number of sulfonamides is 1. The molecule has 5 nitrogen and oxygen atoms in total. The molecule has 0 aliphatic heterocycles. The highest BCUT2D eigenvalue weighted by Gasteiger charge is 2.16. The van der Waals surface area contributed by atoms with Crippen LogP contribution in [0.1, 0.15) is 12.5 Å². The third-order valence-electron chi connectivity index (χ3n) is 3.01. The molecule has 2 aromatic carbocycles. The molecule has 2 N–H and O–H groups in total. The summed E-state index contributed by atoms with van der Waals surface area (Å²) >= 11 is 0. The molecule has 0 heterocycles. The molecule has 0 spiro atoms. The molecule has 0 fully saturated rings. The highest BCUT2D eigenvalue weighted by Crippen LogP contribution is 2.17. The summed E-state index contributed by atoms with van der Waals surface area (Å²) in [6.45, 7) is 1.76. The van der Waals surface area contributed by atoms with E-state index in [1.807, 2.05) is 30.3 Å². The van der Waals surface area contributed by atoms with Gasteiger partial charge in [-0.15, -0.1) is 0 Å². The Morgan fingerprint density at radius 2 is 1.73 bits per heavy atom. The number of benzene rings is 2. The molecule has 1 atom stereocenters. The zero-order chi connectivity index (χ0) is 16.0. The van der Waals surface area contributed by atoms with E-state index in [0.29, 0.717) is 12.4 Å². The van der Waals surface area contributed by atoms with Crippen molar-refractivity contribution in [2.75, 3.05) is 6.61 Å². The molecule has 0 radical (unpaired) electrons. The van der Waals surface area contributed by atoms with Crippen LogP contribution in [0.25, 0.3) is 0 Å². The average molecular weight is 321 g/mol. The van der Waals surface area contributed by atoms with Crippen molar-refractivity contribution in [3.05, 3.63) is 60.2 Å². The van der Waals surface area contributed by atoms with Crippen molar-refractivity contribution in [2.24, 2.45) is 0 Å². The summed E-state index contributed by atoms with van der Waals surface area (Å²) in [6.07, 6.45) is 0. The monoisotopic (exact) mass is 321 g/mol. The maximum atomic E-state index is 12.0. The predicted octanol–water partition coefficient (Wildman–Crippen LogP) is 1.92. The van der Waals surface area contributed by atoms with E-state index in [9.17, 15) is 8.42 Å². The van der Waals surface area contributed by atoms with Gasteiger partial charge in [0.25, 0.3) is 0 Å². The van der Waals surface area contributed by atoms with Crippen molar-refractivity contribution < 1.29 is 18.3 Å². The number of hydrogen-bond acceptors (Lipinski definition) is 4. The van der Waals surface area contributed by atoms with Gasteiger partial charge in [-0.05, 0) is 36.8 Å². The van der Waals surface area contributed by atoms with Gasteiger partial charge >= 0.3 is 0 Å². The van der Waals surface area contributed by atoms with Gasteiger partial charge in [0.1, 0.15) is 12.4 Å². The van der Waals surface area contributed by atoms with Gasteiger partial charge in [-0.3, -0.25) is 0 Å². The van der Waals surface area contributed by atoms with Gasteiger partial charge in [0.2, 0.25) is 10.0 Å². The number of rotatable bonds is 7. The number of aliphatic hydroxyl groups is 1. The van der Waals surface area contributed by atoms with E-state index in [0.717, 1.165) is 5.56 Å². The van der Waals surface area contributed by atoms with E-state index in [2.05, 4.69) is 4.72 Å². The van der Waals surface area contributed by atoms with E-state index in [1.165, 1.54) is 12.1 Å². The summed E-state index contributed by atoms with van der Waals surface area (Å²) in [4.78, 5) is 0.139. The van der Waals surface area contributed by atoms with Crippen LogP contribution in [0, 0.1) is 0 Å². The molecule has 0 unspecified atom stereocenters. The van der Waals surface area contributed by atoms with Gasteiger partial charge in [0.15, 0.2) is 0 Å². The topological polar surface area (TPSA) is 75.6 Å². The van der Waals surface area contributed by atoms with Crippen LogP contribution in [0.2, 0.25) is 0 Å². The maximum Gasteiger partial charge on any atom is 0.240 e. The largest absolute Gasteiger partial charge is 0.489 e. The van der Waals surface area contributed by atoms with Crippen molar-refractivity contribution in [3.63, 3.8) is 0 Å². The Kier molecular flexibility index (Phi) is 5.54. The standard InChI is InChI=1S/C16H19NO4S/c1-13(11-18)17-22(19,20)16-9-7-15(8-10-16)21-12-14-5-3-2-4-6-14/h2-10,13,17-18H,11-12H2,1H3/t13-/m1/s1. The van der Waals surface area contributed by atoms with E-state index in [-0.39, 0.29) is 11.5 Å². The molecule has 2 aromatic rings. The minimum absolute atomic E-state index is 0.139. The number of ether oxygens (including phenoxy) is 1. The molecule has 0 aliphatic rings. The van der Waals surface area contributed by atoms with Crippen molar-refractivity contribution in [2.45, 2.75) is 24.5 Å². The van der Waals surface area contributed by atoms with Crippen molar-refractivity contribution in [3.8, 4) is 5.75 Å². The number of hydrogen-bond donors (Lipinski definition) is 2. The van der Waals surface area contributed by atoms with Crippen LogP contribution in [-0.2, 0) is 16.6 Å². The van der Waals surface area contributed by atoms with Crippen LogP contribution >= 0.6 is 0 Å². The Bertz CT molecular complexity index is 684. The van der Waals surface area contributed by atoms with Crippen LogP contribution in [0.15, 0.2) is 59.5 Å². The van der Waals surface area contributed by atoms with Crippen LogP contribution in [0.5, 0.6) is 5.75 Å². The third-order valence-corrected chi connectivity index (χ3v) is 4.62. The molecule has 0 aliphatic carbocycles. The molecule has 2 rings (SSSR count). The van der Waals surface area contributed by atoms with Gasteiger partial charge in [0.05, 0.1) is 11.5 Å². The van der Waals surface area contributed by atoms with Crippen molar-refractivity contribution >= 4 is 10.0 Å². The van der Waals surface area contributed by atoms with E-state index >= 15 is 0 Å². The first-order valence-electron chi connectivity index (χ1n) is 6.91. The highest BCUT2D eigenvalue weighted by atomic mass is 32.2. The van der Waals surface area contributed by atoms with Gasteiger partial charge < -0.3 is 9.84 Å². The fraction of sp³-hybridized carbons (Fsp3) is 0.250. The molecule has 118 valence electrons. The second-order valence-corrected chi connectivity index (χ2v) is 6.66. The summed E-state index contributed by atoms with van der Waals surface area (Å²) in [5.41, 5.74) is 1.04. The second-order valence-electron chi connectivity index (χ2n) is 4.95. The Morgan fingerprint density at radius 1 is 1.09 bits per heavy atom. The van der Waals surface area contributed by atoms with Gasteiger partial charge in [-0.2, -0.15) is 0 Å². The Balaban J connectivity index is 2.01. The number of aliphatic hydroxyl groups excluding tert-OH is 1. The lowest BCUT2D eigenvalue weighted by Crippen LogP contribution is -2.34. The van der Waals surface area contributed by atoms with Crippen molar-refractivity contribution in [1.29, 1.82) is 0 Å². The van der Waals surface area contributed by atoms with Crippen LogP contribution in [-0.4, -0.2) is 26.2 Å². The lowest BCUT2D eigenvalue weighted by Gasteiger charge is -2.12. The Labute approximate surface area is 130 Å². The number of nitrogens with one attached hydrogen (secondary N) is 1.